The van der Waals surface area contributed by atoms with E-state index in [0.29, 0.717) is 12.5 Å². The van der Waals surface area contributed by atoms with E-state index in [0.717, 1.165) is 42.5 Å². The third kappa shape index (κ3) is 3.94. The maximum Gasteiger partial charge on any atom is 0.266 e. The molecule has 1 fully saturated rings. The van der Waals surface area contributed by atoms with Crippen LogP contribution in [0.1, 0.15) is 30.9 Å². The van der Waals surface area contributed by atoms with Gasteiger partial charge in [-0.25, -0.2) is 22.2 Å². The van der Waals surface area contributed by atoms with Gasteiger partial charge < -0.3 is 4.74 Å². The molecule has 1 aliphatic rings. The van der Waals surface area contributed by atoms with Crippen LogP contribution in [-0.2, 0) is 17.1 Å². The molecule has 2 heterocycles. The van der Waals surface area contributed by atoms with E-state index in [1.54, 1.807) is 10.9 Å². The Morgan fingerprint density at radius 1 is 1.28 bits per heavy atom. The van der Waals surface area contributed by atoms with E-state index >= 15 is 0 Å². The largest absolute Gasteiger partial charge is 0.487 e. The average Bonchev–Trinajstić information content (AvgIpc) is 3.40. The topological polar surface area (TPSA) is 99.0 Å². The molecule has 2 atom stereocenters. The molecule has 0 spiro atoms. The van der Waals surface area contributed by atoms with Crippen LogP contribution in [0.3, 0.4) is 0 Å². The van der Waals surface area contributed by atoms with Gasteiger partial charge in [0.25, 0.3) is 10.0 Å². The Labute approximate surface area is 169 Å². The summed E-state index contributed by atoms with van der Waals surface area (Å²) in [6, 6.07) is 3.25. The molecular formula is C17H17F2N5O3S2. The number of nitrogens with one attached hydrogen (secondary N) is 1. The van der Waals surface area contributed by atoms with Crippen molar-refractivity contribution in [3.63, 3.8) is 0 Å². The molecule has 4 rings (SSSR count). The summed E-state index contributed by atoms with van der Waals surface area (Å²) in [5, 5.41) is 4.10. The maximum atomic E-state index is 14.6. The van der Waals surface area contributed by atoms with Crippen LogP contribution in [0.15, 0.2) is 35.6 Å². The summed E-state index contributed by atoms with van der Waals surface area (Å²) in [7, 11) is -2.54. The van der Waals surface area contributed by atoms with E-state index < -0.39 is 26.6 Å². The molecule has 0 radical (unpaired) electrons. The fourth-order valence-corrected chi connectivity index (χ4v) is 5.24. The molecule has 2 aromatic heterocycles. The number of benzene rings is 1. The van der Waals surface area contributed by atoms with Crippen LogP contribution in [0.25, 0.3) is 0 Å². The van der Waals surface area contributed by atoms with Crippen molar-refractivity contribution in [3.05, 3.63) is 48.1 Å². The lowest BCUT2D eigenvalue weighted by molar-refractivity contribution is 0.178. The standard InChI is InChI=1S/C17H17F2N5O3S2/c1-24-13(5-6-21-24)10-3-2-4-14(10)27-15-7-12(19)16(8-11(15)18)29(25,26)23-17-20-9-22-28-17/h5-10,14H,2-4H2,1H3,(H,20,22,23)/t10-,14+/m1/s1. The minimum absolute atomic E-state index is 0.00700. The highest BCUT2D eigenvalue weighted by molar-refractivity contribution is 7.93. The molecule has 3 aromatic rings. The van der Waals surface area contributed by atoms with E-state index in [1.807, 2.05) is 13.1 Å². The monoisotopic (exact) mass is 441 g/mol. The van der Waals surface area contributed by atoms with Crippen molar-refractivity contribution in [1.82, 2.24) is 19.1 Å². The first kappa shape index (κ1) is 19.7. The number of aryl methyl sites for hydroxylation is 1. The smallest absolute Gasteiger partial charge is 0.266 e. The van der Waals surface area contributed by atoms with Gasteiger partial charge in [0.15, 0.2) is 11.6 Å². The first-order valence-electron chi connectivity index (χ1n) is 8.78. The Morgan fingerprint density at radius 3 is 2.79 bits per heavy atom. The lowest BCUT2D eigenvalue weighted by atomic mass is 10.0. The zero-order valence-electron chi connectivity index (χ0n) is 15.2. The second kappa shape index (κ2) is 7.67. The molecule has 29 heavy (non-hydrogen) atoms. The van der Waals surface area contributed by atoms with Gasteiger partial charge in [0.05, 0.1) is 0 Å². The predicted molar refractivity (Wildman–Crippen MR) is 101 cm³/mol. The van der Waals surface area contributed by atoms with Crippen LogP contribution < -0.4 is 9.46 Å². The summed E-state index contributed by atoms with van der Waals surface area (Å²) in [4.78, 5) is 2.85. The second-order valence-electron chi connectivity index (χ2n) is 6.64. The zero-order chi connectivity index (χ0) is 20.6. The molecule has 0 amide bonds. The minimum atomic E-state index is -4.36. The van der Waals surface area contributed by atoms with Crippen molar-refractivity contribution in [2.45, 2.75) is 36.2 Å². The molecule has 1 N–H and O–H groups in total. The Hall–Kier alpha value is -2.60. The van der Waals surface area contributed by atoms with E-state index in [4.69, 9.17) is 4.74 Å². The fourth-order valence-electron chi connectivity index (χ4n) is 3.51. The molecule has 1 aromatic carbocycles. The van der Waals surface area contributed by atoms with Crippen molar-refractivity contribution in [1.29, 1.82) is 0 Å². The van der Waals surface area contributed by atoms with Gasteiger partial charge in [-0.15, -0.1) is 0 Å². The van der Waals surface area contributed by atoms with Crippen LogP contribution in [0.4, 0.5) is 13.9 Å². The van der Waals surface area contributed by atoms with Gasteiger partial charge in [-0.1, -0.05) is 0 Å². The van der Waals surface area contributed by atoms with Gasteiger partial charge in [0, 0.05) is 48.5 Å². The van der Waals surface area contributed by atoms with Crippen LogP contribution in [-0.4, -0.2) is 33.7 Å². The SMILES string of the molecule is Cn1nccc1[C@H]1CCC[C@@H]1Oc1cc(F)c(S(=O)(=O)Nc2ncns2)cc1F. The lowest BCUT2D eigenvalue weighted by Gasteiger charge is -2.22. The summed E-state index contributed by atoms with van der Waals surface area (Å²) < 4.78 is 67.1. The molecule has 154 valence electrons. The normalized spacial score (nSPS) is 19.4. The van der Waals surface area contributed by atoms with Crippen molar-refractivity contribution in [2.24, 2.45) is 7.05 Å². The number of nitrogens with zero attached hydrogens (tertiary/aromatic N) is 4. The minimum Gasteiger partial charge on any atom is -0.487 e. The highest BCUT2D eigenvalue weighted by Crippen LogP contribution is 2.38. The zero-order valence-corrected chi connectivity index (χ0v) is 16.9. The third-order valence-electron chi connectivity index (χ3n) is 4.83. The summed E-state index contributed by atoms with van der Waals surface area (Å²) in [5.41, 5.74) is 0.953. The third-order valence-corrected chi connectivity index (χ3v) is 6.89. The Kier molecular flexibility index (Phi) is 5.21. The number of anilines is 1. The van der Waals surface area contributed by atoms with E-state index in [-0.39, 0.29) is 22.9 Å². The van der Waals surface area contributed by atoms with Gasteiger partial charge in [-0.3, -0.25) is 9.40 Å². The number of aromatic nitrogens is 4. The number of rotatable bonds is 6. The molecule has 0 unspecified atom stereocenters. The van der Waals surface area contributed by atoms with Gasteiger partial charge in [-0.05, 0) is 25.3 Å². The van der Waals surface area contributed by atoms with Crippen molar-refractivity contribution in [3.8, 4) is 5.75 Å². The molecule has 1 saturated carbocycles. The van der Waals surface area contributed by atoms with Crippen molar-refractivity contribution in [2.75, 3.05) is 4.72 Å². The number of ether oxygens (including phenoxy) is 1. The molecule has 0 aliphatic heterocycles. The highest BCUT2D eigenvalue weighted by Gasteiger charge is 2.33. The van der Waals surface area contributed by atoms with Crippen molar-refractivity contribution >= 4 is 26.7 Å². The molecular weight excluding hydrogens is 424 g/mol. The van der Waals surface area contributed by atoms with Gasteiger partial charge in [-0.2, -0.15) is 9.47 Å². The quantitative estimate of drug-likeness (QED) is 0.631. The summed E-state index contributed by atoms with van der Waals surface area (Å²) in [5.74, 6) is -2.41. The molecule has 8 nitrogen and oxygen atoms in total. The van der Waals surface area contributed by atoms with E-state index in [2.05, 4.69) is 19.2 Å². The van der Waals surface area contributed by atoms with Crippen LogP contribution in [0.5, 0.6) is 5.75 Å². The van der Waals surface area contributed by atoms with Crippen LogP contribution in [0.2, 0.25) is 0 Å². The summed E-state index contributed by atoms with van der Waals surface area (Å²) >= 11 is 0.780. The number of hydrogen-bond donors (Lipinski definition) is 1. The van der Waals surface area contributed by atoms with Gasteiger partial charge >= 0.3 is 0 Å². The summed E-state index contributed by atoms with van der Waals surface area (Å²) in [6.07, 6.45) is 4.86. The van der Waals surface area contributed by atoms with E-state index in [9.17, 15) is 17.2 Å². The first-order chi connectivity index (χ1) is 13.8. The second-order valence-corrected chi connectivity index (χ2v) is 9.07. The predicted octanol–water partition coefficient (Wildman–Crippen LogP) is 3.07. The number of sulfonamides is 1. The first-order valence-corrected chi connectivity index (χ1v) is 11.0. The lowest BCUT2D eigenvalue weighted by Crippen LogP contribution is -2.23. The van der Waals surface area contributed by atoms with Gasteiger partial charge in [0.2, 0.25) is 5.13 Å². The summed E-state index contributed by atoms with van der Waals surface area (Å²) in [6.45, 7) is 0. The molecule has 0 bridgehead atoms. The fraction of sp³-hybridized carbons (Fsp3) is 0.353. The van der Waals surface area contributed by atoms with Crippen LogP contribution >= 0.6 is 11.5 Å². The van der Waals surface area contributed by atoms with Gasteiger partial charge in [0.1, 0.15) is 23.1 Å². The molecule has 12 heteroatoms. The number of hydrogen-bond acceptors (Lipinski definition) is 7. The Bertz CT molecular complexity index is 1120. The molecule has 0 saturated heterocycles. The van der Waals surface area contributed by atoms with Crippen LogP contribution in [0, 0.1) is 11.6 Å². The average molecular weight is 441 g/mol. The Morgan fingerprint density at radius 2 is 2.10 bits per heavy atom. The molecule has 1 aliphatic carbocycles. The maximum absolute atomic E-state index is 14.6. The Balaban J connectivity index is 1.58. The van der Waals surface area contributed by atoms with Crippen molar-refractivity contribution < 1.29 is 21.9 Å². The highest BCUT2D eigenvalue weighted by atomic mass is 32.2. The number of halogens is 2. The van der Waals surface area contributed by atoms with E-state index in [1.165, 1.54) is 0 Å².